The predicted octanol–water partition coefficient (Wildman–Crippen LogP) is 3.76. The van der Waals surface area contributed by atoms with Crippen LogP contribution in [0.15, 0.2) is 40.8 Å². The molecule has 1 aromatic heterocycles. The molecule has 0 saturated carbocycles. The van der Waals surface area contributed by atoms with Crippen LogP contribution in [0.4, 0.5) is 0 Å². The Labute approximate surface area is 171 Å². The quantitative estimate of drug-likeness (QED) is 0.663. The monoisotopic (exact) mass is 399 g/mol. The number of amides is 1. The van der Waals surface area contributed by atoms with E-state index in [4.69, 9.17) is 13.9 Å². The Hall–Kier alpha value is -2.60. The van der Waals surface area contributed by atoms with Gasteiger partial charge in [0, 0.05) is 20.2 Å². The molecule has 1 aliphatic heterocycles. The number of carbonyl (C=O) groups excluding carboxylic acids is 2. The van der Waals surface area contributed by atoms with E-state index in [-0.39, 0.29) is 17.6 Å². The van der Waals surface area contributed by atoms with Crippen molar-refractivity contribution < 1.29 is 23.5 Å². The molecule has 6 heteroatoms. The van der Waals surface area contributed by atoms with Gasteiger partial charge in [-0.1, -0.05) is 24.3 Å². The van der Waals surface area contributed by atoms with Crippen LogP contribution in [0.25, 0.3) is 0 Å². The lowest BCUT2D eigenvalue weighted by atomic mass is 9.74. The van der Waals surface area contributed by atoms with Crippen molar-refractivity contribution in [3.8, 4) is 0 Å². The lowest BCUT2D eigenvalue weighted by Crippen LogP contribution is -2.51. The van der Waals surface area contributed by atoms with Crippen molar-refractivity contribution in [1.82, 2.24) is 4.90 Å². The first-order chi connectivity index (χ1) is 14.0. The number of esters is 1. The molecule has 6 nitrogen and oxygen atoms in total. The third-order valence-electron chi connectivity index (χ3n) is 5.52. The van der Waals surface area contributed by atoms with Gasteiger partial charge in [0.1, 0.15) is 12.4 Å². The van der Waals surface area contributed by atoms with E-state index < -0.39 is 5.41 Å². The molecule has 0 spiro atoms. The number of nitrogens with zero attached hydrogens (tertiary/aromatic N) is 1. The molecule has 1 amide bonds. The summed E-state index contributed by atoms with van der Waals surface area (Å²) in [5, 5.41) is 0. The van der Waals surface area contributed by atoms with Crippen molar-refractivity contribution in [3.63, 3.8) is 0 Å². The van der Waals surface area contributed by atoms with Crippen molar-refractivity contribution in [2.75, 3.05) is 26.8 Å². The largest absolute Gasteiger partial charge is 0.466 e. The molecule has 0 radical (unpaired) electrons. The van der Waals surface area contributed by atoms with E-state index in [0.717, 1.165) is 17.5 Å². The molecule has 1 atom stereocenters. The molecule has 0 bridgehead atoms. The van der Waals surface area contributed by atoms with Crippen LogP contribution in [0.1, 0.15) is 47.2 Å². The van der Waals surface area contributed by atoms with Gasteiger partial charge in [0.05, 0.1) is 12.0 Å². The fourth-order valence-electron chi connectivity index (χ4n) is 4.01. The number of methoxy groups -OCH3 is 1. The summed E-state index contributed by atoms with van der Waals surface area (Å²) in [5.74, 6) is 0.433. The van der Waals surface area contributed by atoms with Gasteiger partial charge in [0.2, 0.25) is 0 Å². The summed E-state index contributed by atoms with van der Waals surface area (Å²) in [6.45, 7) is 5.40. The second-order valence-corrected chi connectivity index (χ2v) is 7.63. The van der Waals surface area contributed by atoms with E-state index in [1.807, 2.05) is 38.1 Å². The van der Waals surface area contributed by atoms with Gasteiger partial charge in [0.15, 0.2) is 5.76 Å². The number of piperidine rings is 1. The van der Waals surface area contributed by atoms with Gasteiger partial charge >= 0.3 is 5.97 Å². The van der Waals surface area contributed by atoms with Gasteiger partial charge in [-0.2, -0.15) is 0 Å². The Kier molecular flexibility index (Phi) is 6.75. The molecule has 1 saturated heterocycles. The molecule has 3 rings (SSSR count). The van der Waals surface area contributed by atoms with Crippen LogP contribution in [0.2, 0.25) is 0 Å². The van der Waals surface area contributed by atoms with Gasteiger partial charge in [-0.3, -0.25) is 9.59 Å². The third-order valence-corrected chi connectivity index (χ3v) is 5.52. The minimum atomic E-state index is -0.752. The molecule has 2 heterocycles. The molecule has 2 aromatic rings. The molecule has 29 heavy (non-hydrogen) atoms. The lowest BCUT2D eigenvalue weighted by Gasteiger charge is -2.41. The average Bonchev–Trinajstić information content (AvgIpc) is 3.18. The third kappa shape index (κ3) is 4.70. The second-order valence-electron chi connectivity index (χ2n) is 7.63. The van der Waals surface area contributed by atoms with E-state index in [1.54, 1.807) is 24.1 Å². The van der Waals surface area contributed by atoms with Crippen molar-refractivity contribution >= 4 is 11.9 Å². The fourth-order valence-corrected chi connectivity index (χ4v) is 4.01. The topological polar surface area (TPSA) is 69.0 Å². The van der Waals surface area contributed by atoms with Crippen LogP contribution in [0, 0.1) is 12.3 Å². The summed E-state index contributed by atoms with van der Waals surface area (Å²) < 4.78 is 16.1. The standard InChI is InChI=1S/C23H29NO5/c1-4-28-22(26)23(14-18-9-6-5-8-17(18)2)12-7-13-24(16-23)21(25)20-11-10-19(29-20)15-27-3/h5-6,8-11H,4,7,12-16H2,1-3H3/t23-/m1/s1. The highest BCUT2D eigenvalue weighted by Crippen LogP contribution is 2.36. The number of hydrogen-bond acceptors (Lipinski definition) is 5. The van der Waals surface area contributed by atoms with Gasteiger partial charge < -0.3 is 18.8 Å². The van der Waals surface area contributed by atoms with E-state index >= 15 is 0 Å². The number of furan rings is 1. The summed E-state index contributed by atoms with van der Waals surface area (Å²) in [6.07, 6.45) is 1.98. The minimum absolute atomic E-state index is 0.203. The van der Waals surface area contributed by atoms with Gasteiger partial charge in [0.25, 0.3) is 5.91 Å². The number of aryl methyl sites for hydroxylation is 1. The van der Waals surface area contributed by atoms with E-state index in [1.165, 1.54) is 0 Å². The summed E-state index contributed by atoms with van der Waals surface area (Å²) in [6, 6.07) is 11.5. The Morgan fingerprint density at radius 2 is 2.00 bits per heavy atom. The first kappa shape index (κ1) is 21.1. The van der Waals surface area contributed by atoms with Gasteiger partial charge in [-0.05, 0) is 56.4 Å². The maximum Gasteiger partial charge on any atom is 0.314 e. The molecule has 0 unspecified atom stereocenters. The zero-order valence-corrected chi connectivity index (χ0v) is 17.4. The predicted molar refractivity (Wildman–Crippen MR) is 109 cm³/mol. The SMILES string of the molecule is CCOC(=O)[C@@]1(Cc2ccccc2C)CCCN(C(=O)c2ccc(COC)o2)C1. The zero-order valence-electron chi connectivity index (χ0n) is 17.4. The molecule has 1 aromatic carbocycles. The maximum atomic E-state index is 13.0. The van der Waals surface area contributed by atoms with Crippen molar-refractivity contribution in [2.45, 2.75) is 39.7 Å². The van der Waals surface area contributed by atoms with E-state index in [2.05, 4.69) is 0 Å². The minimum Gasteiger partial charge on any atom is -0.466 e. The second kappa shape index (κ2) is 9.27. The van der Waals surface area contributed by atoms with Crippen LogP contribution >= 0.6 is 0 Å². The first-order valence-electron chi connectivity index (χ1n) is 10.1. The normalized spacial score (nSPS) is 19.2. The smallest absolute Gasteiger partial charge is 0.314 e. The fraction of sp³-hybridized carbons (Fsp3) is 0.478. The Morgan fingerprint density at radius 3 is 2.72 bits per heavy atom. The molecule has 156 valence electrons. The van der Waals surface area contributed by atoms with Crippen LogP contribution < -0.4 is 0 Å². The van der Waals surface area contributed by atoms with Crippen LogP contribution in [-0.4, -0.2) is 43.6 Å². The number of carbonyl (C=O) groups is 2. The van der Waals surface area contributed by atoms with E-state index in [9.17, 15) is 9.59 Å². The average molecular weight is 399 g/mol. The first-order valence-corrected chi connectivity index (χ1v) is 10.1. The number of likely N-dealkylation sites (tertiary alicyclic amines) is 1. The van der Waals surface area contributed by atoms with Crippen molar-refractivity contribution in [2.24, 2.45) is 5.41 Å². The molecular weight excluding hydrogens is 370 g/mol. The summed E-state index contributed by atoms with van der Waals surface area (Å²) in [7, 11) is 1.58. The molecule has 1 aliphatic rings. The number of hydrogen-bond donors (Lipinski definition) is 0. The highest BCUT2D eigenvalue weighted by atomic mass is 16.5. The summed E-state index contributed by atoms with van der Waals surface area (Å²) >= 11 is 0. The van der Waals surface area contributed by atoms with Gasteiger partial charge in [-0.15, -0.1) is 0 Å². The van der Waals surface area contributed by atoms with Crippen LogP contribution in [0.5, 0.6) is 0 Å². The number of rotatable bonds is 7. The maximum absolute atomic E-state index is 13.0. The van der Waals surface area contributed by atoms with Crippen molar-refractivity contribution in [1.29, 1.82) is 0 Å². The highest BCUT2D eigenvalue weighted by Gasteiger charge is 2.45. The summed E-state index contributed by atoms with van der Waals surface area (Å²) in [4.78, 5) is 27.8. The van der Waals surface area contributed by atoms with Crippen LogP contribution in [0.3, 0.4) is 0 Å². The van der Waals surface area contributed by atoms with Crippen LogP contribution in [-0.2, 0) is 27.3 Å². The number of benzene rings is 1. The highest BCUT2D eigenvalue weighted by molar-refractivity contribution is 5.92. The lowest BCUT2D eigenvalue weighted by molar-refractivity contribution is -0.158. The van der Waals surface area contributed by atoms with E-state index in [0.29, 0.717) is 44.9 Å². The molecule has 0 aliphatic carbocycles. The molecular formula is C23H29NO5. The molecule has 1 fully saturated rings. The molecule has 0 N–H and O–H groups in total. The van der Waals surface area contributed by atoms with Gasteiger partial charge in [-0.25, -0.2) is 0 Å². The van der Waals surface area contributed by atoms with Crippen molar-refractivity contribution in [3.05, 3.63) is 59.0 Å². The number of ether oxygens (including phenoxy) is 2. The Bertz CT molecular complexity index is 858. The Morgan fingerprint density at radius 1 is 1.21 bits per heavy atom. The Balaban J connectivity index is 1.85. The summed E-state index contributed by atoms with van der Waals surface area (Å²) in [5.41, 5.74) is 1.49. The zero-order chi connectivity index (χ0) is 20.9.